The molecule has 5 rings (SSSR count). The number of nitrogens with zero attached hydrogens (tertiary/aromatic N) is 3. The molecule has 1 saturated heterocycles. The van der Waals surface area contributed by atoms with Crippen LogP contribution in [0.25, 0.3) is 22.3 Å². The molecule has 40 heavy (non-hydrogen) atoms. The van der Waals surface area contributed by atoms with Crippen molar-refractivity contribution in [2.45, 2.75) is 19.4 Å². The van der Waals surface area contributed by atoms with Crippen molar-refractivity contribution >= 4 is 17.7 Å². The number of amides is 1. The van der Waals surface area contributed by atoms with Gasteiger partial charge in [0.15, 0.2) is 0 Å². The van der Waals surface area contributed by atoms with Crippen molar-refractivity contribution in [3.8, 4) is 40.3 Å². The summed E-state index contributed by atoms with van der Waals surface area (Å²) in [6.45, 7) is 3.73. The Morgan fingerprint density at radius 1 is 0.950 bits per heavy atom. The van der Waals surface area contributed by atoms with Crippen LogP contribution in [0.1, 0.15) is 39.6 Å². The first-order valence-corrected chi connectivity index (χ1v) is 13.1. The number of benzene rings is 3. The van der Waals surface area contributed by atoms with Crippen molar-refractivity contribution in [2.75, 3.05) is 24.5 Å². The van der Waals surface area contributed by atoms with Crippen LogP contribution < -0.4 is 4.90 Å². The number of carbonyl (C=O) groups excluding carboxylic acids is 1. The smallest absolute Gasteiger partial charge is 0.337 e. The first kappa shape index (κ1) is 26.5. The number of terminal acetylenes is 1. The molecule has 0 radical (unpaired) electrons. The average molecular weight is 532 g/mol. The number of carbonyl (C=O) groups is 2. The summed E-state index contributed by atoms with van der Waals surface area (Å²) < 4.78 is 0. The Labute approximate surface area is 233 Å². The summed E-state index contributed by atoms with van der Waals surface area (Å²) in [5.74, 6) is 2.37. The van der Waals surface area contributed by atoms with Crippen molar-refractivity contribution in [2.24, 2.45) is 0 Å². The maximum absolute atomic E-state index is 13.3. The lowest BCUT2D eigenvalue weighted by atomic mass is 9.97. The van der Waals surface area contributed by atoms with E-state index in [1.54, 1.807) is 36.4 Å². The molecule has 1 aliphatic heterocycles. The van der Waals surface area contributed by atoms with Crippen LogP contribution in [-0.4, -0.2) is 57.6 Å². The molecule has 2 N–H and O–H groups in total. The van der Waals surface area contributed by atoms with E-state index in [0.717, 1.165) is 28.7 Å². The molecule has 1 aromatic heterocycles. The molecule has 0 aliphatic carbocycles. The molecule has 1 amide bonds. The minimum Gasteiger partial charge on any atom is -0.508 e. The molecule has 7 nitrogen and oxygen atoms in total. The molecule has 200 valence electrons. The van der Waals surface area contributed by atoms with Gasteiger partial charge in [-0.2, -0.15) is 0 Å². The molecule has 1 aliphatic rings. The topological polar surface area (TPSA) is 94.0 Å². The third kappa shape index (κ3) is 5.38. The first-order chi connectivity index (χ1) is 19.4. The van der Waals surface area contributed by atoms with Crippen LogP contribution in [0.4, 0.5) is 5.82 Å². The summed E-state index contributed by atoms with van der Waals surface area (Å²) in [6.07, 6.45) is 7.62. The van der Waals surface area contributed by atoms with Crippen LogP contribution in [-0.2, 0) is 0 Å². The van der Waals surface area contributed by atoms with Crippen LogP contribution >= 0.6 is 0 Å². The number of phenols is 1. The van der Waals surface area contributed by atoms with Crippen molar-refractivity contribution in [3.63, 3.8) is 0 Å². The second kappa shape index (κ2) is 11.3. The third-order valence-electron chi connectivity index (χ3n) is 7.35. The zero-order valence-corrected chi connectivity index (χ0v) is 22.1. The number of aromatic hydroxyl groups is 1. The first-order valence-electron chi connectivity index (χ1n) is 13.1. The summed E-state index contributed by atoms with van der Waals surface area (Å²) in [6, 6.07) is 23.5. The molecule has 7 heteroatoms. The fourth-order valence-electron chi connectivity index (χ4n) is 5.08. The van der Waals surface area contributed by atoms with Gasteiger partial charge in [-0.25, -0.2) is 9.78 Å². The Kier molecular flexibility index (Phi) is 7.52. The number of aromatic carboxylic acids is 1. The lowest BCUT2D eigenvalue weighted by Crippen LogP contribution is -2.55. The van der Waals surface area contributed by atoms with Gasteiger partial charge in [-0.1, -0.05) is 49.2 Å². The van der Waals surface area contributed by atoms with Crippen LogP contribution in [0.2, 0.25) is 0 Å². The highest BCUT2D eigenvalue weighted by Gasteiger charge is 2.31. The molecule has 0 bridgehead atoms. The Bertz CT molecular complexity index is 1570. The van der Waals surface area contributed by atoms with E-state index < -0.39 is 5.97 Å². The molecule has 3 aromatic carbocycles. The zero-order chi connectivity index (χ0) is 28.2. The lowest BCUT2D eigenvalue weighted by Gasteiger charge is -2.42. The van der Waals surface area contributed by atoms with E-state index >= 15 is 0 Å². The van der Waals surface area contributed by atoms with Crippen molar-refractivity contribution in [1.82, 2.24) is 9.88 Å². The number of piperazine rings is 1. The number of hydrogen-bond donors (Lipinski definition) is 2. The normalized spacial score (nSPS) is 14.9. The van der Waals surface area contributed by atoms with Gasteiger partial charge in [0.2, 0.25) is 0 Å². The number of carboxylic acids is 1. The van der Waals surface area contributed by atoms with Gasteiger partial charge in [-0.05, 0) is 65.6 Å². The number of rotatable bonds is 6. The largest absolute Gasteiger partial charge is 0.508 e. The summed E-state index contributed by atoms with van der Waals surface area (Å²) in [4.78, 5) is 33.8. The zero-order valence-electron chi connectivity index (χ0n) is 22.1. The van der Waals surface area contributed by atoms with E-state index in [2.05, 4.69) is 22.7 Å². The predicted molar refractivity (Wildman–Crippen MR) is 155 cm³/mol. The van der Waals surface area contributed by atoms with Gasteiger partial charge in [0.25, 0.3) is 5.91 Å². The molecule has 1 atom stereocenters. The van der Waals surface area contributed by atoms with Gasteiger partial charge in [0, 0.05) is 48.6 Å². The Morgan fingerprint density at radius 3 is 2.17 bits per heavy atom. The lowest BCUT2D eigenvalue weighted by molar-refractivity contribution is 0.0649. The van der Waals surface area contributed by atoms with E-state index in [4.69, 9.17) is 6.42 Å². The quantitative estimate of drug-likeness (QED) is 0.317. The fourth-order valence-corrected chi connectivity index (χ4v) is 5.08. The maximum atomic E-state index is 13.3. The van der Waals surface area contributed by atoms with Gasteiger partial charge in [-0.15, -0.1) is 6.42 Å². The van der Waals surface area contributed by atoms with Gasteiger partial charge < -0.3 is 20.0 Å². The summed E-state index contributed by atoms with van der Waals surface area (Å²) in [5.41, 5.74) is 4.70. The Hall–Kier alpha value is -5.09. The number of aromatic nitrogens is 1. The minimum atomic E-state index is -1.05. The number of carboxylic acid groups (broad SMARTS) is 1. The predicted octanol–water partition coefficient (Wildman–Crippen LogP) is 5.54. The SMILES string of the molecule is C#Cc1ccc(C(=O)N2CCN(c3cc(-c4ccc(-c5ccc(O)cc5)cc4)c(C(=O)O)cn3)CC2CC)cc1. The molecular weight excluding hydrogens is 502 g/mol. The van der Waals surface area contributed by atoms with E-state index in [9.17, 15) is 19.8 Å². The van der Waals surface area contributed by atoms with Crippen molar-refractivity contribution in [3.05, 3.63) is 102 Å². The van der Waals surface area contributed by atoms with Crippen LogP contribution in [0, 0.1) is 12.3 Å². The average Bonchev–Trinajstić information content (AvgIpc) is 3.00. The molecule has 0 spiro atoms. The molecule has 2 heterocycles. The van der Waals surface area contributed by atoms with E-state index in [1.165, 1.54) is 6.20 Å². The Balaban J connectivity index is 1.39. The van der Waals surface area contributed by atoms with Gasteiger partial charge in [-0.3, -0.25) is 4.79 Å². The van der Waals surface area contributed by atoms with Gasteiger partial charge in [0.1, 0.15) is 11.6 Å². The van der Waals surface area contributed by atoms with Crippen LogP contribution in [0.3, 0.4) is 0 Å². The number of pyridine rings is 1. The van der Waals surface area contributed by atoms with E-state index in [-0.39, 0.29) is 23.3 Å². The fraction of sp³-hybridized carbons (Fsp3) is 0.182. The number of hydrogen-bond acceptors (Lipinski definition) is 5. The van der Waals surface area contributed by atoms with Crippen molar-refractivity contribution in [1.29, 1.82) is 0 Å². The Morgan fingerprint density at radius 2 is 1.57 bits per heavy atom. The molecular formula is C33H29N3O4. The summed E-state index contributed by atoms with van der Waals surface area (Å²) >= 11 is 0. The molecule has 0 saturated carbocycles. The third-order valence-corrected chi connectivity index (χ3v) is 7.35. The number of anilines is 1. The minimum absolute atomic E-state index is 0.0254. The summed E-state index contributed by atoms with van der Waals surface area (Å²) in [5, 5.41) is 19.4. The van der Waals surface area contributed by atoms with Crippen LogP contribution in [0.15, 0.2) is 85.1 Å². The van der Waals surface area contributed by atoms with Crippen LogP contribution in [0.5, 0.6) is 5.75 Å². The molecule has 1 fully saturated rings. The van der Waals surface area contributed by atoms with Crippen molar-refractivity contribution < 1.29 is 19.8 Å². The van der Waals surface area contributed by atoms with Gasteiger partial charge >= 0.3 is 5.97 Å². The second-order valence-electron chi connectivity index (χ2n) is 9.75. The highest BCUT2D eigenvalue weighted by molar-refractivity contribution is 5.97. The number of phenolic OH excluding ortho intramolecular Hbond substituents is 1. The highest BCUT2D eigenvalue weighted by atomic mass is 16.4. The maximum Gasteiger partial charge on any atom is 0.337 e. The van der Waals surface area contributed by atoms with Gasteiger partial charge in [0.05, 0.1) is 5.56 Å². The highest BCUT2D eigenvalue weighted by Crippen LogP contribution is 2.31. The standard InChI is InChI=1S/C33H29N3O4/c1-3-22-5-7-26(8-6-22)32(38)36-18-17-35(21-27(36)4-2)31-19-29(30(20-34-31)33(39)40)25-11-9-23(10-12-25)24-13-15-28(37)16-14-24/h1,5-16,19-20,27,37H,4,17-18,21H2,2H3,(H,39,40). The van der Waals surface area contributed by atoms with E-state index in [1.807, 2.05) is 47.4 Å². The monoisotopic (exact) mass is 531 g/mol. The summed E-state index contributed by atoms with van der Waals surface area (Å²) in [7, 11) is 0. The molecule has 4 aromatic rings. The second-order valence-corrected chi connectivity index (χ2v) is 9.75. The van der Waals surface area contributed by atoms with E-state index in [0.29, 0.717) is 36.6 Å². The molecule has 1 unspecified atom stereocenters.